The molecule has 0 aliphatic heterocycles. The predicted molar refractivity (Wildman–Crippen MR) is 128 cm³/mol. The van der Waals surface area contributed by atoms with Gasteiger partial charge in [-0.3, -0.25) is 4.79 Å². The van der Waals surface area contributed by atoms with Crippen molar-refractivity contribution in [2.24, 2.45) is 28.6 Å². The van der Waals surface area contributed by atoms with Crippen LogP contribution in [0.1, 0.15) is 92.4 Å². The van der Waals surface area contributed by atoms with Crippen molar-refractivity contribution in [1.29, 1.82) is 0 Å². The number of hydrogen-bond acceptors (Lipinski definition) is 3. The molecule has 3 aliphatic rings. The first-order valence-corrected chi connectivity index (χ1v) is 12.4. The lowest BCUT2D eigenvalue weighted by molar-refractivity contribution is -0.126. The highest BCUT2D eigenvalue weighted by atomic mass is 16.3. The molecule has 0 aromatic rings. The van der Waals surface area contributed by atoms with Crippen LogP contribution in [0.25, 0.3) is 0 Å². The first-order chi connectivity index (χ1) is 14.4. The number of fused-ring (bicyclic) bond motifs is 1. The van der Waals surface area contributed by atoms with Crippen LogP contribution in [0.2, 0.25) is 0 Å². The summed E-state index contributed by atoms with van der Waals surface area (Å²) in [6.07, 6.45) is 12.1. The van der Waals surface area contributed by atoms with Crippen molar-refractivity contribution in [3.05, 3.63) is 35.5 Å². The number of hydrogen-bond donors (Lipinski definition) is 2. The molecular formula is C28H44O3. The van der Waals surface area contributed by atoms with E-state index >= 15 is 0 Å². The summed E-state index contributed by atoms with van der Waals surface area (Å²) >= 11 is 0. The van der Waals surface area contributed by atoms with Gasteiger partial charge in [-0.15, -0.1) is 0 Å². The number of rotatable bonds is 5. The summed E-state index contributed by atoms with van der Waals surface area (Å²) < 4.78 is 0. The minimum absolute atomic E-state index is 0.236. The largest absolute Gasteiger partial charge is 0.393 e. The number of aliphatic hydroxyl groups is 2. The second kappa shape index (κ2) is 9.35. The van der Waals surface area contributed by atoms with E-state index < -0.39 is 12.2 Å². The number of Topliss-reactive ketones (excluding diaryl/α,β-unsaturated/α-hetero) is 1. The first kappa shape index (κ1) is 24.5. The molecule has 6 atom stereocenters. The highest BCUT2D eigenvalue weighted by molar-refractivity contribution is 5.83. The van der Waals surface area contributed by atoms with Crippen LogP contribution >= 0.6 is 0 Å². The topological polar surface area (TPSA) is 57.5 Å². The van der Waals surface area contributed by atoms with Crippen LogP contribution in [0.4, 0.5) is 0 Å². The molecule has 0 aromatic heterocycles. The zero-order valence-corrected chi connectivity index (χ0v) is 20.4. The maximum absolute atomic E-state index is 12.4. The summed E-state index contributed by atoms with van der Waals surface area (Å²) in [5.41, 5.74) is 3.37. The molecule has 2 N–H and O–H groups in total. The monoisotopic (exact) mass is 428 g/mol. The van der Waals surface area contributed by atoms with E-state index in [9.17, 15) is 15.0 Å². The Hall–Kier alpha value is -1.19. The second-order valence-corrected chi connectivity index (χ2v) is 11.9. The molecule has 0 radical (unpaired) electrons. The Morgan fingerprint density at radius 3 is 2.65 bits per heavy atom. The second-order valence-electron chi connectivity index (χ2n) is 11.9. The van der Waals surface area contributed by atoms with Crippen molar-refractivity contribution in [3.63, 3.8) is 0 Å². The highest BCUT2D eigenvalue weighted by Gasteiger charge is 2.50. The molecule has 0 aromatic carbocycles. The molecule has 3 saturated carbocycles. The molecule has 0 spiro atoms. The van der Waals surface area contributed by atoms with Gasteiger partial charge in [-0.2, -0.15) is 0 Å². The third kappa shape index (κ3) is 5.25. The van der Waals surface area contributed by atoms with Crippen LogP contribution in [0.15, 0.2) is 35.5 Å². The third-order valence-corrected chi connectivity index (χ3v) is 8.65. The van der Waals surface area contributed by atoms with Gasteiger partial charge in [0.2, 0.25) is 0 Å². The predicted octanol–water partition coefficient (Wildman–Crippen LogP) is 6.16. The average Bonchev–Trinajstić information content (AvgIpc) is 3.04. The van der Waals surface area contributed by atoms with E-state index in [0.717, 1.165) is 24.0 Å². The fourth-order valence-electron chi connectivity index (χ4n) is 6.61. The molecule has 31 heavy (non-hydrogen) atoms. The number of aliphatic hydroxyl groups excluding tert-OH is 2. The van der Waals surface area contributed by atoms with Crippen LogP contribution in [0.5, 0.6) is 0 Å². The smallest absolute Gasteiger partial charge is 0.138 e. The van der Waals surface area contributed by atoms with Crippen molar-refractivity contribution >= 4 is 5.78 Å². The van der Waals surface area contributed by atoms with Gasteiger partial charge in [0.05, 0.1) is 12.2 Å². The number of carbonyl (C=O) groups excluding carboxylic acids is 1. The molecule has 174 valence electrons. The maximum atomic E-state index is 12.4. The first-order valence-electron chi connectivity index (χ1n) is 12.4. The van der Waals surface area contributed by atoms with Crippen molar-refractivity contribution in [1.82, 2.24) is 0 Å². The summed E-state index contributed by atoms with van der Waals surface area (Å²) in [6, 6.07) is 0. The lowest BCUT2D eigenvalue weighted by atomic mass is 9.60. The van der Waals surface area contributed by atoms with Crippen molar-refractivity contribution in [2.75, 3.05) is 0 Å². The maximum Gasteiger partial charge on any atom is 0.138 e. The molecule has 3 fully saturated rings. The normalized spacial score (nSPS) is 37.8. The van der Waals surface area contributed by atoms with Crippen LogP contribution in [-0.4, -0.2) is 28.2 Å². The Balaban J connectivity index is 1.72. The third-order valence-electron chi connectivity index (χ3n) is 8.65. The van der Waals surface area contributed by atoms with Gasteiger partial charge in [0.15, 0.2) is 0 Å². The van der Waals surface area contributed by atoms with E-state index in [1.54, 1.807) is 0 Å². The lowest BCUT2D eigenvalue weighted by Gasteiger charge is -2.44. The minimum Gasteiger partial charge on any atom is -0.393 e. The van der Waals surface area contributed by atoms with E-state index in [1.807, 2.05) is 20.8 Å². The Morgan fingerprint density at radius 2 is 1.97 bits per heavy atom. The zero-order chi connectivity index (χ0) is 23.0. The van der Waals surface area contributed by atoms with Gasteiger partial charge in [-0.1, -0.05) is 58.9 Å². The van der Waals surface area contributed by atoms with Gasteiger partial charge >= 0.3 is 0 Å². The van der Waals surface area contributed by atoms with Gasteiger partial charge in [0.25, 0.3) is 0 Å². The average molecular weight is 429 g/mol. The van der Waals surface area contributed by atoms with Crippen LogP contribution in [0, 0.1) is 28.6 Å². The van der Waals surface area contributed by atoms with Crippen LogP contribution in [-0.2, 0) is 4.79 Å². The van der Waals surface area contributed by atoms with Gasteiger partial charge in [-0.05, 0) is 79.3 Å². The fraction of sp³-hybridized carbons (Fsp3) is 0.750. The minimum atomic E-state index is -0.627. The van der Waals surface area contributed by atoms with Gasteiger partial charge in [0.1, 0.15) is 5.78 Å². The SMILES string of the molecule is C=C1/C(=C\C=C2/CCC[C@]3(C)[C@@H]([C@H](C)CCC(=O)C(C)(C)C)CC[C@@H]23)C[C@@H](O)C[C@@H]1O. The van der Waals surface area contributed by atoms with Crippen molar-refractivity contribution in [2.45, 2.75) is 105 Å². The van der Waals surface area contributed by atoms with Crippen LogP contribution < -0.4 is 0 Å². The Morgan fingerprint density at radius 1 is 1.26 bits per heavy atom. The van der Waals surface area contributed by atoms with E-state index in [4.69, 9.17) is 0 Å². The fourth-order valence-corrected chi connectivity index (χ4v) is 6.61. The molecule has 3 rings (SSSR count). The molecular weight excluding hydrogens is 384 g/mol. The highest BCUT2D eigenvalue weighted by Crippen LogP contribution is 2.60. The molecule has 0 amide bonds. The van der Waals surface area contributed by atoms with Crippen LogP contribution in [0.3, 0.4) is 0 Å². The quantitative estimate of drug-likeness (QED) is 0.551. The molecule has 0 bridgehead atoms. The summed E-state index contributed by atoms with van der Waals surface area (Å²) in [4.78, 5) is 12.4. The van der Waals surface area contributed by atoms with E-state index in [-0.39, 0.29) is 5.41 Å². The van der Waals surface area contributed by atoms with E-state index in [0.29, 0.717) is 48.2 Å². The van der Waals surface area contributed by atoms with Gasteiger partial charge in [0, 0.05) is 18.3 Å². The van der Waals surface area contributed by atoms with Gasteiger partial charge in [-0.25, -0.2) is 0 Å². The standard InChI is InChI=1S/C28H44O3/c1-18(9-14-26(31)27(3,4)5)23-12-13-24-20(8-7-15-28(23,24)6)10-11-21-16-22(29)17-25(30)19(21)2/h10-11,18,22-25,29-30H,2,7-9,12-17H2,1,3-6H3/b20-10+,21-11-/t18-,22-,23-,24+,25+,28-/m1/s1. The number of ketones is 1. The Bertz CT molecular complexity index is 753. The number of carbonyl (C=O) groups is 1. The van der Waals surface area contributed by atoms with E-state index in [1.165, 1.54) is 31.3 Å². The van der Waals surface area contributed by atoms with Gasteiger partial charge < -0.3 is 10.2 Å². The molecule has 0 saturated heterocycles. The lowest BCUT2D eigenvalue weighted by Crippen LogP contribution is -2.36. The molecule has 0 heterocycles. The molecule has 0 unspecified atom stereocenters. The van der Waals surface area contributed by atoms with E-state index in [2.05, 4.69) is 32.6 Å². The summed E-state index contributed by atoms with van der Waals surface area (Å²) in [6.45, 7) is 15.0. The van der Waals surface area contributed by atoms with Crippen molar-refractivity contribution in [3.8, 4) is 0 Å². The summed E-state index contributed by atoms with van der Waals surface area (Å²) in [7, 11) is 0. The molecule has 3 nitrogen and oxygen atoms in total. The summed E-state index contributed by atoms with van der Waals surface area (Å²) in [5, 5.41) is 20.2. The van der Waals surface area contributed by atoms with Crippen molar-refractivity contribution < 1.29 is 15.0 Å². The zero-order valence-electron chi connectivity index (χ0n) is 20.4. The molecule has 3 aliphatic carbocycles. The Labute approximate surface area is 189 Å². The number of allylic oxidation sites excluding steroid dienone is 3. The summed E-state index contributed by atoms with van der Waals surface area (Å²) in [5.74, 6) is 2.24. The molecule has 3 heteroatoms. The Kier molecular flexibility index (Phi) is 7.38.